The predicted molar refractivity (Wildman–Crippen MR) is 111 cm³/mol. The molecule has 0 aliphatic rings. The van der Waals surface area contributed by atoms with E-state index in [-0.39, 0.29) is 6.10 Å². The molecule has 0 bridgehead atoms. The number of hydrazine groups is 1. The fourth-order valence-corrected chi connectivity index (χ4v) is 3.09. The van der Waals surface area contributed by atoms with Crippen LogP contribution in [-0.4, -0.2) is 22.8 Å². The summed E-state index contributed by atoms with van der Waals surface area (Å²) in [5, 5.41) is 12.6. The van der Waals surface area contributed by atoms with Gasteiger partial charge in [0.2, 0.25) is 0 Å². The summed E-state index contributed by atoms with van der Waals surface area (Å²) in [6.07, 6.45) is 1.27. The summed E-state index contributed by atoms with van der Waals surface area (Å²) < 4.78 is 0. The number of hydrogen-bond donors (Lipinski definition) is 2. The second-order valence-electron chi connectivity index (χ2n) is 6.87. The zero-order valence-corrected chi connectivity index (χ0v) is 15.7. The SMILES string of the molecule is O[C@H](CCc1ccccc1)CNN(Cc1ccccc1)Cc1ccccc1. The van der Waals surface area contributed by atoms with Crippen molar-refractivity contribution >= 4 is 0 Å². The van der Waals surface area contributed by atoms with E-state index in [1.165, 1.54) is 16.7 Å². The minimum absolute atomic E-state index is 0.376. The van der Waals surface area contributed by atoms with E-state index in [4.69, 9.17) is 0 Å². The lowest BCUT2D eigenvalue weighted by Gasteiger charge is -2.25. The van der Waals surface area contributed by atoms with Crippen LogP contribution in [0.5, 0.6) is 0 Å². The molecule has 3 aromatic carbocycles. The van der Waals surface area contributed by atoms with Crippen molar-refractivity contribution in [3.8, 4) is 0 Å². The quantitative estimate of drug-likeness (QED) is 0.532. The van der Waals surface area contributed by atoms with Crippen LogP contribution in [0.25, 0.3) is 0 Å². The molecule has 0 radical (unpaired) electrons. The molecule has 0 amide bonds. The van der Waals surface area contributed by atoms with E-state index < -0.39 is 0 Å². The molecule has 0 saturated carbocycles. The number of aliphatic hydroxyl groups excluding tert-OH is 1. The fraction of sp³-hybridized carbons (Fsp3) is 0.250. The van der Waals surface area contributed by atoms with E-state index in [1.54, 1.807) is 0 Å². The van der Waals surface area contributed by atoms with Gasteiger partial charge in [0.1, 0.15) is 0 Å². The van der Waals surface area contributed by atoms with Crippen molar-refractivity contribution in [1.82, 2.24) is 10.4 Å². The third-order valence-corrected chi connectivity index (χ3v) is 4.59. The molecule has 0 unspecified atom stereocenters. The second kappa shape index (κ2) is 10.6. The molecule has 3 nitrogen and oxygen atoms in total. The van der Waals surface area contributed by atoms with Gasteiger partial charge in [0.25, 0.3) is 0 Å². The van der Waals surface area contributed by atoms with Crippen molar-refractivity contribution in [2.75, 3.05) is 6.54 Å². The summed E-state index contributed by atoms with van der Waals surface area (Å²) in [4.78, 5) is 0. The monoisotopic (exact) mass is 360 g/mol. The molecule has 0 fully saturated rings. The number of rotatable bonds is 10. The largest absolute Gasteiger partial charge is 0.392 e. The first kappa shape index (κ1) is 19.3. The molecule has 140 valence electrons. The first-order chi connectivity index (χ1) is 13.3. The summed E-state index contributed by atoms with van der Waals surface area (Å²) in [6, 6.07) is 31.2. The van der Waals surface area contributed by atoms with Gasteiger partial charge in [-0.1, -0.05) is 91.0 Å². The highest BCUT2D eigenvalue weighted by molar-refractivity contribution is 5.17. The minimum atomic E-state index is -0.376. The maximum Gasteiger partial charge on any atom is 0.0681 e. The molecule has 0 aromatic heterocycles. The highest BCUT2D eigenvalue weighted by atomic mass is 16.3. The fourth-order valence-electron chi connectivity index (χ4n) is 3.09. The molecule has 0 heterocycles. The Morgan fingerprint density at radius 2 is 1.11 bits per heavy atom. The Bertz CT molecular complexity index is 721. The van der Waals surface area contributed by atoms with Gasteiger partial charge in [-0.3, -0.25) is 5.43 Å². The Morgan fingerprint density at radius 1 is 0.667 bits per heavy atom. The van der Waals surface area contributed by atoms with Gasteiger partial charge >= 0.3 is 0 Å². The van der Waals surface area contributed by atoms with E-state index in [9.17, 15) is 5.11 Å². The Balaban J connectivity index is 1.53. The van der Waals surface area contributed by atoms with Gasteiger partial charge in [-0.2, -0.15) is 0 Å². The van der Waals surface area contributed by atoms with Gasteiger partial charge in [0, 0.05) is 19.6 Å². The normalized spacial score (nSPS) is 12.2. The summed E-state index contributed by atoms with van der Waals surface area (Å²) in [7, 11) is 0. The lowest BCUT2D eigenvalue weighted by molar-refractivity contribution is 0.0986. The third-order valence-electron chi connectivity index (χ3n) is 4.59. The van der Waals surface area contributed by atoms with Gasteiger partial charge in [-0.25, -0.2) is 5.01 Å². The molecular formula is C24H28N2O. The molecule has 2 N–H and O–H groups in total. The molecular weight excluding hydrogens is 332 g/mol. The van der Waals surface area contributed by atoms with Gasteiger partial charge in [-0.15, -0.1) is 0 Å². The number of aliphatic hydroxyl groups is 1. The van der Waals surface area contributed by atoms with Crippen LogP contribution in [-0.2, 0) is 19.5 Å². The van der Waals surface area contributed by atoms with E-state index in [1.807, 2.05) is 30.3 Å². The van der Waals surface area contributed by atoms with Gasteiger partial charge < -0.3 is 5.11 Å². The molecule has 0 spiro atoms. The van der Waals surface area contributed by atoms with Crippen LogP contribution in [0.15, 0.2) is 91.0 Å². The minimum Gasteiger partial charge on any atom is -0.392 e. The zero-order chi connectivity index (χ0) is 18.7. The lowest BCUT2D eigenvalue weighted by atomic mass is 10.1. The Hall–Kier alpha value is -2.46. The van der Waals surface area contributed by atoms with Crippen LogP contribution in [0.4, 0.5) is 0 Å². The van der Waals surface area contributed by atoms with E-state index in [0.29, 0.717) is 6.54 Å². The van der Waals surface area contributed by atoms with Crippen molar-refractivity contribution in [2.45, 2.75) is 32.0 Å². The van der Waals surface area contributed by atoms with Crippen molar-refractivity contribution in [2.24, 2.45) is 0 Å². The van der Waals surface area contributed by atoms with Crippen LogP contribution in [0.1, 0.15) is 23.1 Å². The van der Waals surface area contributed by atoms with Crippen LogP contribution in [0, 0.1) is 0 Å². The molecule has 1 atom stereocenters. The van der Waals surface area contributed by atoms with E-state index in [0.717, 1.165) is 25.9 Å². The molecule has 3 aromatic rings. The number of hydrogen-bond acceptors (Lipinski definition) is 3. The highest BCUT2D eigenvalue weighted by Gasteiger charge is 2.10. The second-order valence-corrected chi connectivity index (χ2v) is 6.87. The van der Waals surface area contributed by atoms with E-state index >= 15 is 0 Å². The summed E-state index contributed by atoms with van der Waals surface area (Å²) >= 11 is 0. The van der Waals surface area contributed by atoms with Gasteiger partial charge in [-0.05, 0) is 29.5 Å². The first-order valence-corrected chi connectivity index (χ1v) is 9.58. The zero-order valence-electron chi connectivity index (χ0n) is 15.7. The highest BCUT2D eigenvalue weighted by Crippen LogP contribution is 2.09. The smallest absolute Gasteiger partial charge is 0.0681 e. The Morgan fingerprint density at radius 3 is 1.59 bits per heavy atom. The van der Waals surface area contributed by atoms with E-state index in [2.05, 4.69) is 71.1 Å². The molecule has 0 aliphatic heterocycles. The number of nitrogens with one attached hydrogen (secondary N) is 1. The van der Waals surface area contributed by atoms with Crippen LogP contribution in [0.2, 0.25) is 0 Å². The Kier molecular flexibility index (Phi) is 7.60. The third kappa shape index (κ3) is 6.99. The number of benzene rings is 3. The van der Waals surface area contributed by atoms with Crippen molar-refractivity contribution in [1.29, 1.82) is 0 Å². The van der Waals surface area contributed by atoms with Crippen LogP contribution < -0.4 is 5.43 Å². The summed E-state index contributed by atoms with van der Waals surface area (Å²) in [6.45, 7) is 2.13. The maximum absolute atomic E-state index is 10.4. The Labute approximate surface area is 162 Å². The summed E-state index contributed by atoms with van der Waals surface area (Å²) in [5.41, 5.74) is 7.20. The molecule has 3 heteroatoms. The number of aryl methyl sites for hydroxylation is 1. The van der Waals surface area contributed by atoms with Gasteiger partial charge in [0.15, 0.2) is 0 Å². The maximum atomic E-state index is 10.4. The van der Waals surface area contributed by atoms with Crippen LogP contribution >= 0.6 is 0 Å². The van der Waals surface area contributed by atoms with Crippen molar-refractivity contribution < 1.29 is 5.11 Å². The van der Waals surface area contributed by atoms with Crippen LogP contribution in [0.3, 0.4) is 0 Å². The first-order valence-electron chi connectivity index (χ1n) is 9.58. The molecule has 27 heavy (non-hydrogen) atoms. The molecule has 0 aliphatic carbocycles. The average molecular weight is 361 g/mol. The lowest BCUT2D eigenvalue weighted by Crippen LogP contribution is -2.41. The predicted octanol–water partition coefficient (Wildman–Crippen LogP) is 4.19. The standard InChI is InChI=1S/C24H28N2O/c27-24(17-16-21-10-4-1-5-11-21)18-25-26(19-22-12-6-2-7-13-22)20-23-14-8-3-9-15-23/h1-15,24-25,27H,16-20H2/t24-/m1/s1. The molecule has 0 saturated heterocycles. The van der Waals surface area contributed by atoms with Gasteiger partial charge in [0.05, 0.1) is 6.10 Å². The van der Waals surface area contributed by atoms with Crippen molar-refractivity contribution in [3.63, 3.8) is 0 Å². The summed E-state index contributed by atoms with van der Waals surface area (Å²) in [5.74, 6) is 0. The number of nitrogens with zero attached hydrogens (tertiary/aromatic N) is 1. The average Bonchev–Trinajstić information content (AvgIpc) is 2.73. The molecule has 3 rings (SSSR count). The topological polar surface area (TPSA) is 35.5 Å². The van der Waals surface area contributed by atoms with Crippen molar-refractivity contribution in [3.05, 3.63) is 108 Å².